The van der Waals surface area contributed by atoms with Gasteiger partial charge in [-0.2, -0.15) is 8.42 Å². The van der Waals surface area contributed by atoms with Crippen LogP contribution in [0.25, 0.3) is 0 Å². The van der Waals surface area contributed by atoms with Crippen LogP contribution in [0.4, 0.5) is 5.69 Å². The zero-order valence-corrected chi connectivity index (χ0v) is 14.3. The van der Waals surface area contributed by atoms with E-state index < -0.39 is 10.0 Å². The smallest absolute Gasteiger partial charge is 0.265 e. The zero-order chi connectivity index (χ0) is 16.6. The Hall–Kier alpha value is -1.67. The minimum atomic E-state index is -3.94. The molecule has 3 rings (SSSR count). The number of nitrogens with one attached hydrogen (secondary N) is 1. The predicted molar refractivity (Wildman–Crippen MR) is 90.6 cm³/mol. The van der Waals surface area contributed by atoms with Gasteiger partial charge in [-0.05, 0) is 24.3 Å². The van der Waals surface area contributed by atoms with Crippen LogP contribution in [-0.4, -0.2) is 25.8 Å². The van der Waals surface area contributed by atoms with Gasteiger partial charge in [0.1, 0.15) is 4.90 Å². The average Bonchev–Trinajstić information content (AvgIpc) is 2.49. The van der Waals surface area contributed by atoms with Crippen LogP contribution in [0.1, 0.15) is 12.5 Å². The maximum absolute atomic E-state index is 12.6. The third-order valence-electron chi connectivity index (χ3n) is 3.16. The van der Waals surface area contributed by atoms with Crippen LogP contribution in [0, 0.1) is 0 Å². The first-order chi connectivity index (χ1) is 10.9. The van der Waals surface area contributed by atoms with Crippen molar-refractivity contribution in [2.24, 2.45) is 4.40 Å². The maximum Gasteiger partial charge on any atom is 0.287 e. The molecule has 0 saturated heterocycles. The minimum absolute atomic E-state index is 0.0351. The molecule has 0 atom stereocenters. The van der Waals surface area contributed by atoms with Gasteiger partial charge in [0, 0.05) is 29.5 Å². The largest absolute Gasteiger partial charge is 0.287 e. The Labute approximate surface area is 143 Å². The summed E-state index contributed by atoms with van der Waals surface area (Å²) in [4.78, 5) is 3.87. The first-order valence-electron chi connectivity index (χ1n) is 6.72. The number of nitrogens with zero attached hydrogens (tertiary/aromatic N) is 3. The first kappa shape index (κ1) is 16.2. The van der Waals surface area contributed by atoms with E-state index in [-0.39, 0.29) is 15.8 Å². The van der Waals surface area contributed by atoms with Crippen LogP contribution >= 0.6 is 23.2 Å². The number of amidine groups is 1. The predicted octanol–water partition coefficient (Wildman–Crippen LogP) is 2.87. The maximum atomic E-state index is 12.6. The molecule has 1 N–H and O–H groups in total. The van der Waals surface area contributed by atoms with Gasteiger partial charge in [-0.15, -0.1) is 4.40 Å². The summed E-state index contributed by atoms with van der Waals surface area (Å²) in [5.41, 5.74) is 4.02. The van der Waals surface area contributed by atoms with E-state index in [1.807, 2.05) is 6.92 Å². The van der Waals surface area contributed by atoms with Crippen molar-refractivity contribution < 1.29 is 8.42 Å². The molecule has 6 nitrogen and oxygen atoms in total. The minimum Gasteiger partial charge on any atom is -0.265 e. The molecule has 1 aromatic heterocycles. The molecule has 1 aliphatic rings. The fourth-order valence-electron chi connectivity index (χ4n) is 2.28. The number of sulfonamides is 1. The van der Waals surface area contributed by atoms with E-state index in [1.165, 1.54) is 6.07 Å². The van der Waals surface area contributed by atoms with Gasteiger partial charge in [0.25, 0.3) is 10.0 Å². The van der Waals surface area contributed by atoms with Crippen LogP contribution in [0.3, 0.4) is 0 Å². The second-order valence-corrected chi connectivity index (χ2v) is 7.09. The van der Waals surface area contributed by atoms with Crippen molar-refractivity contribution >= 4 is 44.7 Å². The highest BCUT2D eigenvalue weighted by atomic mass is 35.5. The molecule has 0 fully saturated rings. The molecule has 1 aromatic carbocycles. The molecule has 2 aromatic rings. The normalized spacial score (nSPS) is 16.0. The molecule has 1 aliphatic heterocycles. The van der Waals surface area contributed by atoms with Crippen molar-refractivity contribution in [3.63, 3.8) is 0 Å². The Balaban J connectivity index is 2.29. The van der Waals surface area contributed by atoms with E-state index in [2.05, 4.69) is 14.8 Å². The number of pyridine rings is 1. The Morgan fingerprint density at radius 2 is 1.91 bits per heavy atom. The van der Waals surface area contributed by atoms with E-state index in [1.54, 1.807) is 35.6 Å². The molecule has 0 amide bonds. The van der Waals surface area contributed by atoms with Crippen molar-refractivity contribution in [1.29, 1.82) is 0 Å². The van der Waals surface area contributed by atoms with Crippen molar-refractivity contribution in [1.82, 2.24) is 10.4 Å². The van der Waals surface area contributed by atoms with Gasteiger partial charge in [-0.1, -0.05) is 30.1 Å². The van der Waals surface area contributed by atoms with E-state index in [0.717, 1.165) is 0 Å². The Morgan fingerprint density at radius 3 is 2.57 bits per heavy atom. The zero-order valence-electron chi connectivity index (χ0n) is 12.0. The monoisotopic (exact) mass is 370 g/mol. The Bertz CT molecular complexity index is 885. The number of halogens is 2. The molecule has 0 unspecified atom stereocenters. The summed E-state index contributed by atoms with van der Waals surface area (Å²) in [6, 6.07) is 6.28. The van der Waals surface area contributed by atoms with Crippen molar-refractivity contribution in [3.8, 4) is 0 Å². The summed E-state index contributed by atoms with van der Waals surface area (Å²) in [5.74, 6) is 0.236. The molecule has 23 heavy (non-hydrogen) atoms. The summed E-state index contributed by atoms with van der Waals surface area (Å²) in [6.45, 7) is 2.44. The summed E-state index contributed by atoms with van der Waals surface area (Å²) >= 11 is 12.1. The number of hydrazine groups is 1. The van der Waals surface area contributed by atoms with Gasteiger partial charge in [-0.25, -0.2) is 5.43 Å². The summed E-state index contributed by atoms with van der Waals surface area (Å²) in [5, 5.41) is 1.94. The first-order valence-corrected chi connectivity index (χ1v) is 8.91. The van der Waals surface area contributed by atoms with E-state index in [0.29, 0.717) is 22.8 Å². The summed E-state index contributed by atoms with van der Waals surface area (Å²) in [7, 11) is -3.94. The quantitative estimate of drug-likeness (QED) is 0.898. The standard InChI is InChI=1S/C14H12Cl2N4O2S/c1-2-18-20-12-8-10(15)7-11(16)13(12)23(21,22)19-14(20)9-3-5-17-6-4-9/h3-8,18H,2H2,1H3. The molecule has 0 spiro atoms. The molecule has 0 radical (unpaired) electrons. The van der Waals surface area contributed by atoms with Gasteiger partial charge in [-0.3, -0.25) is 9.99 Å². The lowest BCUT2D eigenvalue weighted by atomic mass is 10.2. The molecule has 0 saturated carbocycles. The number of hydrogen-bond acceptors (Lipinski definition) is 5. The number of benzene rings is 1. The average molecular weight is 371 g/mol. The Kier molecular flexibility index (Phi) is 4.29. The van der Waals surface area contributed by atoms with Gasteiger partial charge in [0.15, 0.2) is 5.84 Å². The van der Waals surface area contributed by atoms with E-state index in [9.17, 15) is 8.42 Å². The van der Waals surface area contributed by atoms with Crippen LogP contribution in [0.15, 0.2) is 46.0 Å². The molecule has 0 bridgehead atoms. The highest BCUT2D eigenvalue weighted by Crippen LogP contribution is 2.39. The van der Waals surface area contributed by atoms with E-state index in [4.69, 9.17) is 23.2 Å². The fraction of sp³-hybridized carbons (Fsp3) is 0.143. The van der Waals surface area contributed by atoms with Gasteiger partial charge in [0.05, 0.1) is 10.7 Å². The fourth-order valence-corrected chi connectivity index (χ4v) is 4.28. The highest BCUT2D eigenvalue weighted by molar-refractivity contribution is 7.90. The van der Waals surface area contributed by atoms with Crippen LogP contribution in [-0.2, 0) is 10.0 Å². The number of aromatic nitrogens is 1. The van der Waals surface area contributed by atoms with Gasteiger partial charge >= 0.3 is 0 Å². The molecule has 120 valence electrons. The second-order valence-electron chi connectivity index (χ2n) is 4.71. The van der Waals surface area contributed by atoms with Crippen LogP contribution in [0.2, 0.25) is 10.0 Å². The number of fused-ring (bicyclic) bond motifs is 1. The molecule has 9 heteroatoms. The third kappa shape index (κ3) is 2.92. The third-order valence-corrected chi connectivity index (χ3v) is 5.15. The lowest BCUT2D eigenvalue weighted by Crippen LogP contribution is -2.46. The van der Waals surface area contributed by atoms with Crippen LogP contribution < -0.4 is 10.4 Å². The van der Waals surface area contributed by atoms with E-state index >= 15 is 0 Å². The number of hydrogen-bond donors (Lipinski definition) is 1. The van der Waals surface area contributed by atoms with Crippen molar-refractivity contribution in [2.75, 3.05) is 11.6 Å². The molecule has 0 aliphatic carbocycles. The Morgan fingerprint density at radius 1 is 1.22 bits per heavy atom. The topological polar surface area (TPSA) is 74.7 Å². The summed E-state index contributed by atoms with van der Waals surface area (Å²) < 4.78 is 29.0. The van der Waals surface area contributed by atoms with Crippen LogP contribution in [0.5, 0.6) is 0 Å². The number of rotatable bonds is 3. The SMILES string of the molecule is CCNN1C(c2ccncc2)=NS(=O)(=O)c2c(Cl)cc(Cl)cc21. The van der Waals surface area contributed by atoms with Gasteiger partial charge in [0.2, 0.25) is 0 Å². The lowest BCUT2D eigenvalue weighted by Gasteiger charge is -2.31. The van der Waals surface area contributed by atoms with Gasteiger partial charge < -0.3 is 0 Å². The molecular formula is C14H12Cl2N4O2S. The second kappa shape index (κ2) is 6.09. The van der Waals surface area contributed by atoms with Crippen molar-refractivity contribution in [2.45, 2.75) is 11.8 Å². The summed E-state index contributed by atoms with van der Waals surface area (Å²) in [6.07, 6.45) is 3.13. The van der Waals surface area contributed by atoms with Crippen molar-refractivity contribution in [3.05, 3.63) is 52.3 Å². The molecule has 2 heterocycles. The molecular weight excluding hydrogens is 359 g/mol. The highest BCUT2D eigenvalue weighted by Gasteiger charge is 2.34. The number of anilines is 1. The lowest BCUT2D eigenvalue weighted by molar-refractivity contribution is 0.595.